The second kappa shape index (κ2) is 14.0. The smallest absolute Gasteiger partial charge is 0.228 e. The van der Waals surface area contributed by atoms with Gasteiger partial charge in [0.1, 0.15) is 6.17 Å². The van der Waals surface area contributed by atoms with E-state index >= 15 is 0 Å². The molecule has 0 aliphatic heterocycles. The molecule has 0 aliphatic rings. The van der Waals surface area contributed by atoms with Gasteiger partial charge in [0.2, 0.25) is 9.70 Å². The third kappa shape index (κ3) is 11.7. The summed E-state index contributed by atoms with van der Waals surface area (Å²) in [5.41, 5.74) is 0.533. The average Bonchev–Trinajstić information content (AvgIpc) is 2.62. The monoisotopic (exact) mass is 519 g/mol. The summed E-state index contributed by atoms with van der Waals surface area (Å²) < 4.78 is -1.80. The van der Waals surface area contributed by atoms with Crippen molar-refractivity contribution in [3.8, 4) is 0 Å². The molecule has 0 saturated carbocycles. The van der Waals surface area contributed by atoms with E-state index in [0.29, 0.717) is 22.2 Å². The molecule has 3 N–H and O–H groups in total. The van der Waals surface area contributed by atoms with E-state index < -0.39 is 9.96 Å². The molecule has 29 heavy (non-hydrogen) atoms. The third-order valence-corrected chi connectivity index (χ3v) is 5.52. The molecule has 0 radical (unpaired) electrons. The second-order valence-electron chi connectivity index (χ2n) is 6.64. The van der Waals surface area contributed by atoms with E-state index in [-0.39, 0.29) is 11.0 Å². The third-order valence-electron chi connectivity index (χ3n) is 4.09. The molecule has 1 rings (SSSR count). The summed E-state index contributed by atoms with van der Waals surface area (Å²) in [5.74, 6) is -0.213. The van der Waals surface area contributed by atoms with Crippen LogP contribution in [0.4, 0.5) is 5.69 Å². The summed E-state index contributed by atoms with van der Waals surface area (Å²) in [7, 11) is 0. The van der Waals surface area contributed by atoms with Crippen molar-refractivity contribution in [3.05, 3.63) is 28.2 Å². The molecule has 10 heteroatoms. The van der Waals surface area contributed by atoms with Crippen LogP contribution in [-0.2, 0) is 4.79 Å². The van der Waals surface area contributed by atoms with Crippen molar-refractivity contribution in [2.45, 2.75) is 68.2 Å². The van der Waals surface area contributed by atoms with Crippen molar-refractivity contribution in [2.75, 3.05) is 5.32 Å². The molecule has 1 amide bonds. The lowest BCUT2D eigenvalue weighted by Crippen LogP contribution is -2.56. The summed E-state index contributed by atoms with van der Waals surface area (Å²) in [4.78, 5) is 12.2. The molecule has 0 bridgehead atoms. The highest BCUT2D eigenvalue weighted by atomic mass is 35.6. The Labute approximate surface area is 203 Å². The van der Waals surface area contributed by atoms with Gasteiger partial charge >= 0.3 is 0 Å². The Morgan fingerprint density at radius 2 is 1.66 bits per heavy atom. The van der Waals surface area contributed by atoms with Crippen molar-refractivity contribution < 1.29 is 4.79 Å². The van der Waals surface area contributed by atoms with Crippen molar-refractivity contribution >= 4 is 86.9 Å². The van der Waals surface area contributed by atoms with Crippen LogP contribution in [0, 0.1) is 0 Å². The summed E-state index contributed by atoms with van der Waals surface area (Å²) in [6.45, 7) is 2.19. The van der Waals surface area contributed by atoms with Gasteiger partial charge in [0.25, 0.3) is 0 Å². The van der Waals surface area contributed by atoms with E-state index in [1.165, 1.54) is 25.7 Å². The minimum absolute atomic E-state index is 0.141. The fourth-order valence-electron chi connectivity index (χ4n) is 2.56. The number of hydrogen-bond acceptors (Lipinski definition) is 2. The van der Waals surface area contributed by atoms with Gasteiger partial charge in [0.05, 0.1) is 10.7 Å². The first kappa shape index (κ1) is 26.9. The van der Waals surface area contributed by atoms with E-state index in [2.05, 4.69) is 22.9 Å². The Morgan fingerprint density at radius 3 is 2.24 bits per heavy atom. The van der Waals surface area contributed by atoms with Crippen LogP contribution in [0.25, 0.3) is 0 Å². The molecular weight excluding hydrogens is 496 g/mol. The highest BCUT2D eigenvalue weighted by Crippen LogP contribution is 2.30. The number of alkyl halides is 3. The average molecular weight is 522 g/mol. The highest BCUT2D eigenvalue weighted by molar-refractivity contribution is 7.80. The number of halogens is 5. The van der Waals surface area contributed by atoms with Crippen LogP contribution in [0.3, 0.4) is 0 Å². The molecular formula is C19H26Cl5N3OS. The first-order valence-electron chi connectivity index (χ1n) is 9.52. The number of nitrogens with one attached hydrogen (secondary N) is 3. The number of unbranched alkanes of at least 4 members (excludes halogenated alkanes) is 6. The fraction of sp³-hybridized carbons (Fsp3) is 0.579. The lowest BCUT2D eigenvalue weighted by molar-refractivity contribution is -0.122. The molecule has 164 valence electrons. The zero-order valence-electron chi connectivity index (χ0n) is 16.2. The van der Waals surface area contributed by atoms with Crippen LogP contribution in [0.15, 0.2) is 18.2 Å². The topological polar surface area (TPSA) is 53.2 Å². The number of anilines is 1. The standard InChI is InChI=1S/C19H26Cl5N3OS/c1-2-3-4-5-6-7-8-9-16(28)26-17(19(22,23)24)27-18(29)25-15-11-10-13(20)12-14(15)21/h10-12,17H,2-9H2,1H3,(H,26,28)(H2,25,27,29). The van der Waals surface area contributed by atoms with Crippen molar-refractivity contribution in [1.29, 1.82) is 0 Å². The lowest BCUT2D eigenvalue weighted by atomic mass is 10.1. The molecule has 1 unspecified atom stereocenters. The maximum absolute atomic E-state index is 12.2. The van der Waals surface area contributed by atoms with Crippen molar-refractivity contribution in [1.82, 2.24) is 10.6 Å². The van der Waals surface area contributed by atoms with Crippen LogP contribution in [0.1, 0.15) is 58.3 Å². The molecule has 0 heterocycles. The zero-order valence-corrected chi connectivity index (χ0v) is 20.8. The number of rotatable bonds is 11. The number of carbonyl (C=O) groups is 1. The molecule has 4 nitrogen and oxygen atoms in total. The normalized spacial score (nSPS) is 12.3. The lowest BCUT2D eigenvalue weighted by Gasteiger charge is -2.28. The van der Waals surface area contributed by atoms with Gasteiger partial charge in [-0.2, -0.15) is 0 Å². The number of amides is 1. The predicted octanol–water partition coefficient (Wildman–Crippen LogP) is 7.23. The molecule has 0 fully saturated rings. The van der Waals surface area contributed by atoms with Gasteiger partial charge in [-0.05, 0) is 36.8 Å². The summed E-state index contributed by atoms with van der Waals surface area (Å²) in [6, 6.07) is 4.90. The number of thiocarbonyl (C=S) groups is 1. The summed E-state index contributed by atoms with van der Waals surface area (Å²) >= 11 is 35.2. The van der Waals surface area contributed by atoms with Crippen molar-refractivity contribution in [2.24, 2.45) is 0 Å². The van der Waals surface area contributed by atoms with Crippen LogP contribution in [-0.4, -0.2) is 21.0 Å². The maximum Gasteiger partial charge on any atom is 0.228 e. The van der Waals surface area contributed by atoms with Crippen LogP contribution < -0.4 is 16.0 Å². The molecule has 1 aromatic rings. The van der Waals surface area contributed by atoms with E-state index in [0.717, 1.165) is 19.3 Å². The van der Waals surface area contributed by atoms with Gasteiger partial charge in [-0.3, -0.25) is 4.79 Å². The molecule has 0 spiro atoms. The van der Waals surface area contributed by atoms with Gasteiger partial charge in [-0.1, -0.05) is 103 Å². The zero-order chi connectivity index (χ0) is 21.9. The first-order chi connectivity index (χ1) is 13.6. The maximum atomic E-state index is 12.2. The Hall–Kier alpha value is -0.170. The van der Waals surface area contributed by atoms with E-state index in [1.54, 1.807) is 18.2 Å². The minimum atomic E-state index is -1.80. The first-order valence-corrected chi connectivity index (χ1v) is 11.8. The molecule has 0 aliphatic carbocycles. The van der Waals surface area contributed by atoms with E-state index in [4.69, 9.17) is 70.2 Å². The van der Waals surface area contributed by atoms with Gasteiger partial charge in [0, 0.05) is 11.4 Å². The molecule has 0 aromatic heterocycles. The minimum Gasteiger partial charge on any atom is -0.339 e. The van der Waals surface area contributed by atoms with Crippen molar-refractivity contribution in [3.63, 3.8) is 0 Å². The fourth-order valence-corrected chi connectivity index (χ4v) is 3.57. The SMILES string of the molecule is CCCCCCCCCC(=O)NC(NC(=S)Nc1ccc(Cl)cc1Cl)C(Cl)(Cl)Cl. The van der Waals surface area contributed by atoms with Crippen LogP contribution in [0.2, 0.25) is 10.0 Å². The van der Waals surface area contributed by atoms with Gasteiger partial charge in [-0.15, -0.1) is 0 Å². The second-order valence-corrected chi connectivity index (χ2v) is 10.3. The Bertz CT molecular complexity index is 670. The van der Waals surface area contributed by atoms with Crippen LogP contribution in [0.5, 0.6) is 0 Å². The predicted molar refractivity (Wildman–Crippen MR) is 131 cm³/mol. The van der Waals surface area contributed by atoms with E-state index in [9.17, 15) is 4.79 Å². The number of carbonyl (C=O) groups excluding carboxylic acids is 1. The Kier molecular flexibility index (Phi) is 13.0. The molecule has 0 saturated heterocycles. The quantitative estimate of drug-likeness (QED) is 0.124. The highest BCUT2D eigenvalue weighted by Gasteiger charge is 2.34. The van der Waals surface area contributed by atoms with Gasteiger partial charge in [-0.25, -0.2) is 0 Å². The van der Waals surface area contributed by atoms with Gasteiger partial charge in [0.15, 0.2) is 5.11 Å². The summed E-state index contributed by atoms with van der Waals surface area (Å²) in [6.07, 6.45) is 7.17. The Balaban J connectivity index is 2.49. The largest absolute Gasteiger partial charge is 0.339 e. The molecule has 1 atom stereocenters. The Morgan fingerprint density at radius 1 is 1.03 bits per heavy atom. The number of hydrogen-bond donors (Lipinski definition) is 3. The molecule has 1 aromatic carbocycles. The van der Waals surface area contributed by atoms with Gasteiger partial charge < -0.3 is 16.0 Å². The summed E-state index contributed by atoms with van der Waals surface area (Å²) in [5, 5.41) is 9.40. The van der Waals surface area contributed by atoms with E-state index in [1.807, 2.05) is 0 Å². The van der Waals surface area contributed by atoms with Crippen LogP contribution >= 0.6 is 70.2 Å². The number of benzene rings is 1.